The summed E-state index contributed by atoms with van der Waals surface area (Å²) in [6, 6.07) is 14.7. The highest BCUT2D eigenvalue weighted by Crippen LogP contribution is 2.25. The molecule has 0 spiro atoms. The molecule has 4 rings (SSSR count). The molecule has 0 aliphatic carbocycles. The zero-order valence-corrected chi connectivity index (χ0v) is 14.6. The summed E-state index contributed by atoms with van der Waals surface area (Å²) in [6.45, 7) is 3.01. The first-order chi connectivity index (χ1) is 12.6. The molecule has 134 valence electrons. The van der Waals surface area contributed by atoms with Crippen molar-refractivity contribution >= 4 is 16.7 Å². The predicted molar refractivity (Wildman–Crippen MR) is 99.2 cm³/mol. The standard InChI is InChI=1S/C21H21FN2O2/c1-14(25)20-13-24(21-8-7-15(22)9-19(20)21)12-16-10-18(11-23-16)26-17-5-3-2-4-6-17/h2-9,13,16,18,23H,10-12H2,1H3/t16-,18-/m0/s1. The molecule has 0 unspecified atom stereocenters. The molecule has 0 radical (unpaired) electrons. The van der Waals surface area contributed by atoms with E-state index in [4.69, 9.17) is 4.74 Å². The van der Waals surface area contributed by atoms with E-state index in [1.807, 2.05) is 41.1 Å². The lowest BCUT2D eigenvalue weighted by Crippen LogP contribution is -2.26. The molecule has 2 heterocycles. The molecule has 2 aromatic carbocycles. The summed E-state index contributed by atoms with van der Waals surface area (Å²) in [4.78, 5) is 11.9. The second-order valence-corrected chi connectivity index (χ2v) is 6.81. The summed E-state index contributed by atoms with van der Waals surface area (Å²) < 4.78 is 21.7. The van der Waals surface area contributed by atoms with Crippen LogP contribution in [0.2, 0.25) is 0 Å². The van der Waals surface area contributed by atoms with Gasteiger partial charge in [-0.1, -0.05) is 18.2 Å². The van der Waals surface area contributed by atoms with Gasteiger partial charge in [-0.15, -0.1) is 0 Å². The Bertz CT molecular complexity index is 936. The van der Waals surface area contributed by atoms with Crippen LogP contribution in [0.25, 0.3) is 10.9 Å². The summed E-state index contributed by atoms with van der Waals surface area (Å²) in [5, 5.41) is 4.16. The van der Waals surface area contributed by atoms with E-state index in [0.29, 0.717) is 17.5 Å². The number of nitrogens with zero attached hydrogens (tertiary/aromatic N) is 1. The monoisotopic (exact) mass is 352 g/mol. The quantitative estimate of drug-likeness (QED) is 0.711. The van der Waals surface area contributed by atoms with Crippen molar-refractivity contribution in [2.45, 2.75) is 32.0 Å². The van der Waals surface area contributed by atoms with Gasteiger partial charge in [-0.05, 0) is 37.3 Å². The van der Waals surface area contributed by atoms with Crippen molar-refractivity contribution in [3.05, 3.63) is 66.1 Å². The van der Waals surface area contributed by atoms with E-state index in [9.17, 15) is 9.18 Å². The summed E-state index contributed by atoms with van der Waals surface area (Å²) in [6.07, 6.45) is 2.83. The Balaban J connectivity index is 1.50. The van der Waals surface area contributed by atoms with Crippen LogP contribution in [-0.4, -0.2) is 29.0 Å². The van der Waals surface area contributed by atoms with Crippen molar-refractivity contribution in [2.24, 2.45) is 0 Å². The Morgan fingerprint density at radius 2 is 2.08 bits per heavy atom. The van der Waals surface area contributed by atoms with Crippen molar-refractivity contribution in [1.82, 2.24) is 9.88 Å². The normalized spacial score (nSPS) is 19.8. The number of hydrogen-bond acceptors (Lipinski definition) is 3. The highest BCUT2D eigenvalue weighted by molar-refractivity contribution is 6.07. The SMILES string of the molecule is CC(=O)c1cn(C[C@@H]2C[C@H](Oc3ccccc3)CN2)c2ccc(F)cc12. The highest BCUT2D eigenvalue weighted by Gasteiger charge is 2.26. The van der Waals surface area contributed by atoms with Crippen molar-refractivity contribution in [3.8, 4) is 5.75 Å². The molecule has 1 saturated heterocycles. The maximum atomic E-state index is 13.6. The minimum atomic E-state index is -0.326. The van der Waals surface area contributed by atoms with Crippen molar-refractivity contribution in [2.75, 3.05) is 6.54 Å². The van der Waals surface area contributed by atoms with Gasteiger partial charge in [0.25, 0.3) is 0 Å². The van der Waals surface area contributed by atoms with E-state index in [1.165, 1.54) is 19.1 Å². The van der Waals surface area contributed by atoms with Crippen molar-refractivity contribution in [1.29, 1.82) is 0 Å². The summed E-state index contributed by atoms with van der Waals surface area (Å²) in [7, 11) is 0. The molecule has 1 N–H and O–H groups in total. The molecule has 3 aromatic rings. The lowest BCUT2D eigenvalue weighted by Gasteiger charge is -2.14. The number of halogens is 1. The zero-order valence-electron chi connectivity index (χ0n) is 14.6. The number of para-hydroxylation sites is 1. The average Bonchev–Trinajstić information content (AvgIpc) is 3.20. The van der Waals surface area contributed by atoms with Crippen LogP contribution in [0.3, 0.4) is 0 Å². The van der Waals surface area contributed by atoms with Gasteiger partial charge in [0.15, 0.2) is 5.78 Å². The molecule has 26 heavy (non-hydrogen) atoms. The topological polar surface area (TPSA) is 43.3 Å². The molecule has 1 fully saturated rings. The number of hydrogen-bond donors (Lipinski definition) is 1. The third kappa shape index (κ3) is 3.35. The fraction of sp³-hybridized carbons (Fsp3) is 0.286. The van der Waals surface area contributed by atoms with Crippen LogP contribution in [0.1, 0.15) is 23.7 Å². The number of benzene rings is 2. The van der Waals surface area contributed by atoms with E-state index < -0.39 is 0 Å². The largest absolute Gasteiger partial charge is 0.489 e. The first-order valence-corrected chi connectivity index (χ1v) is 8.84. The van der Waals surface area contributed by atoms with Crippen molar-refractivity contribution in [3.63, 3.8) is 0 Å². The second-order valence-electron chi connectivity index (χ2n) is 6.81. The molecule has 4 nitrogen and oxygen atoms in total. The molecule has 0 amide bonds. The first kappa shape index (κ1) is 16.8. The summed E-state index contributed by atoms with van der Waals surface area (Å²) in [5.74, 6) is 0.498. The van der Waals surface area contributed by atoms with Gasteiger partial charge in [-0.3, -0.25) is 4.79 Å². The number of ketones is 1. The van der Waals surface area contributed by atoms with Crippen LogP contribution in [0.4, 0.5) is 4.39 Å². The van der Waals surface area contributed by atoms with Gasteiger partial charge in [-0.25, -0.2) is 4.39 Å². The zero-order chi connectivity index (χ0) is 18.1. The van der Waals surface area contributed by atoms with Gasteiger partial charge >= 0.3 is 0 Å². The number of fused-ring (bicyclic) bond motifs is 1. The van der Waals surface area contributed by atoms with Gasteiger partial charge < -0.3 is 14.6 Å². The lowest BCUT2D eigenvalue weighted by atomic mass is 10.1. The smallest absolute Gasteiger partial charge is 0.161 e. The fourth-order valence-electron chi connectivity index (χ4n) is 3.64. The first-order valence-electron chi connectivity index (χ1n) is 8.84. The predicted octanol–water partition coefficient (Wildman–Crippen LogP) is 3.79. The Morgan fingerprint density at radius 3 is 2.85 bits per heavy atom. The molecule has 2 atom stereocenters. The maximum absolute atomic E-state index is 13.6. The summed E-state index contributed by atoms with van der Waals surface area (Å²) >= 11 is 0. The van der Waals surface area contributed by atoms with E-state index in [0.717, 1.165) is 24.2 Å². The molecular weight excluding hydrogens is 331 g/mol. The van der Waals surface area contributed by atoms with Gasteiger partial charge in [0.2, 0.25) is 0 Å². The lowest BCUT2D eigenvalue weighted by molar-refractivity contribution is 0.101. The van der Waals surface area contributed by atoms with Crippen LogP contribution in [0.5, 0.6) is 5.75 Å². The maximum Gasteiger partial charge on any atom is 0.161 e. The van der Waals surface area contributed by atoms with E-state index >= 15 is 0 Å². The minimum absolute atomic E-state index is 0.0518. The molecule has 5 heteroatoms. The number of aromatic nitrogens is 1. The second kappa shape index (κ2) is 6.92. The number of carbonyl (C=O) groups excluding carboxylic acids is 1. The fourth-order valence-corrected chi connectivity index (χ4v) is 3.64. The van der Waals surface area contributed by atoms with E-state index in [1.54, 1.807) is 6.07 Å². The van der Waals surface area contributed by atoms with Crippen LogP contribution in [0, 0.1) is 5.82 Å². The van der Waals surface area contributed by atoms with Gasteiger partial charge in [0, 0.05) is 48.2 Å². The number of rotatable bonds is 5. The van der Waals surface area contributed by atoms with E-state index in [-0.39, 0.29) is 23.7 Å². The Kier molecular flexibility index (Phi) is 4.47. The van der Waals surface area contributed by atoms with Crippen LogP contribution >= 0.6 is 0 Å². The number of Topliss-reactive ketones (excluding diaryl/α,β-unsaturated/α-hetero) is 1. The third-order valence-electron chi connectivity index (χ3n) is 4.87. The molecular formula is C21H21FN2O2. The third-order valence-corrected chi connectivity index (χ3v) is 4.87. The average molecular weight is 352 g/mol. The van der Waals surface area contributed by atoms with Gasteiger partial charge in [0.1, 0.15) is 17.7 Å². The van der Waals surface area contributed by atoms with Crippen LogP contribution in [0.15, 0.2) is 54.7 Å². The van der Waals surface area contributed by atoms with Crippen LogP contribution in [-0.2, 0) is 6.54 Å². The molecule has 1 aromatic heterocycles. The Morgan fingerprint density at radius 1 is 1.27 bits per heavy atom. The molecule has 0 saturated carbocycles. The highest BCUT2D eigenvalue weighted by atomic mass is 19.1. The minimum Gasteiger partial charge on any atom is -0.489 e. The van der Waals surface area contributed by atoms with Crippen molar-refractivity contribution < 1.29 is 13.9 Å². The number of carbonyl (C=O) groups is 1. The number of ether oxygens (including phenoxy) is 1. The molecule has 1 aliphatic heterocycles. The van der Waals surface area contributed by atoms with Crippen LogP contribution < -0.4 is 10.1 Å². The van der Waals surface area contributed by atoms with Gasteiger partial charge in [-0.2, -0.15) is 0 Å². The van der Waals surface area contributed by atoms with E-state index in [2.05, 4.69) is 5.32 Å². The number of nitrogens with one attached hydrogen (secondary N) is 1. The molecule has 1 aliphatic rings. The summed E-state index contributed by atoms with van der Waals surface area (Å²) in [5.41, 5.74) is 1.44. The Labute approximate surface area is 151 Å². The molecule has 0 bridgehead atoms. The Hall–Kier alpha value is -2.66. The van der Waals surface area contributed by atoms with Gasteiger partial charge in [0.05, 0.1) is 0 Å².